The Labute approximate surface area is 170 Å². The van der Waals surface area contributed by atoms with E-state index < -0.39 is 17.7 Å². The van der Waals surface area contributed by atoms with Gasteiger partial charge in [0.1, 0.15) is 24.2 Å². The molecule has 1 saturated heterocycles. The summed E-state index contributed by atoms with van der Waals surface area (Å²) in [6.07, 6.45) is -0.667. The lowest BCUT2D eigenvalue weighted by Crippen LogP contribution is -2.48. The van der Waals surface area contributed by atoms with Gasteiger partial charge in [0.25, 0.3) is 5.91 Å². The van der Waals surface area contributed by atoms with Crippen LogP contribution in [0.2, 0.25) is 0 Å². The molecule has 4 rings (SSSR count). The molecular formula is C20H19BrN2O5. The van der Waals surface area contributed by atoms with Crippen LogP contribution in [0.3, 0.4) is 0 Å². The van der Waals surface area contributed by atoms with Crippen LogP contribution in [-0.2, 0) is 10.3 Å². The normalized spacial score (nSPS) is 21.9. The molecular weight excluding hydrogens is 428 g/mol. The van der Waals surface area contributed by atoms with Gasteiger partial charge in [-0.25, -0.2) is 4.79 Å². The third kappa shape index (κ3) is 3.33. The van der Waals surface area contributed by atoms with Crippen molar-refractivity contribution in [3.05, 3.63) is 58.6 Å². The number of benzene rings is 2. The zero-order valence-corrected chi connectivity index (χ0v) is 16.5. The van der Waals surface area contributed by atoms with Gasteiger partial charge in [-0.1, -0.05) is 34.1 Å². The number of nitrogens with zero attached hydrogens (tertiary/aromatic N) is 1. The minimum atomic E-state index is -1.14. The summed E-state index contributed by atoms with van der Waals surface area (Å²) < 4.78 is 12.1. The van der Waals surface area contributed by atoms with Crippen molar-refractivity contribution in [2.45, 2.75) is 18.1 Å². The number of para-hydroxylation sites is 1. The quantitative estimate of drug-likeness (QED) is 0.688. The van der Waals surface area contributed by atoms with Crippen molar-refractivity contribution >= 4 is 27.9 Å². The molecule has 1 spiro atoms. The molecule has 2 aromatic carbocycles. The van der Waals surface area contributed by atoms with Crippen molar-refractivity contribution in [1.82, 2.24) is 10.2 Å². The van der Waals surface area contributed by atoms with Crippen LogP contribution in [-0.4, -0.2) is 47.8 Å². The van der Waals surface area contributed by atoms with Crippen molar-refractivity contribution < 1.29 is 24.2 Å². The zero-order valence-electron chi connectivity index (χ0n) is 14.9. The summed E-state index contributed by atoms with van der Waals surface area (Å²) in [6.45, 7) is 0.142. The smallest absolute Gasteiger partial charge is 0.325 e. The number of aliphatic hydroxyl groups is 1. The number of nitrogens with one attached hydrogen (secondary N) is 1. The van der Waals surface area contributed by atoms with Gasteiger partial charge in [0, 0.05) is 16.5 Å². The molecule has 146 valence electrons. The van der Waals surface area contributed by atoms with Gasteiger partial charge in [-0.05, 0) is 30.3 Å². The molecule has 1 fully saturated rings. The Morgan fingerprint density at radius 3 is 2.75 bits per heavy atom. The molecule has 0 aromatic heterocycles. The number of urea groups is 1. The fraction of sp³-hybridized carbons (Fsp3) is 0.300. The third-order valence-electron chi connectivity index (χ3n) is 4.91. The molecule has 2 atom stereocenters. The molecule has 7 nitrogen and oxygen atoms in total. The van der Waals surface area contributed by atoms with E-state index in [0.29, 0.717) is 30.1 Å². The number of imide groups is 1. The predicted molar refractivity (Wildman–Crippen MR) is 104 cm³/mol. The van der Waals surface area contributed by atoms with Crippen LogP contribution in [0, 0.1) is 0 Å². The molecule has 2 unspecified atom stereocenters. The van der Waals surface area contributed by atoms with Gasteiger partial charge in [0.05, 0.1) is 13.2 Å². The molecule has 2 aliphatic heterocycles. The predicted octanol–water partition coefficient (Wildman–Crippen LogP) is 2.42. The molecule has 28 heavy (non-hydrogen) atoms. The van der Waals surface area contributed by atoms with Crippen molar-refractivity contribution in [3.63, 3.8) is 0 Å². The van der Waals surface area contributed by atoms with Crippen LogP contribution in [0.1, 0.15) is 12.0 Å². The van der Waals surface area contributed by atoms with E-state index in [0.717, 1.165) is 9.37 Å². The Hall–Kier alpha value is -2.58. The van der Waals surface area contributed by atoms with Gasteiger partial charge < -0.3 is 19.9 Å². The number of hydrogen-bond acceptors (Lipinski definition) is 5. The van der Waals surface area contributed by atoms with E-state index in [1.807, 2.05) is 18.2 Å². The Kier molecular flexibility index (Phi) is 4.99. The van der Waals surface area contributed by atoms with Gasteiger partial charge >= 0.3 is 6.03 Å². The first-order valence-electron chi connectivity index (χ1n) is 8.92. The number of aliphatic hydroxyl groups excluding tert-OH is 1. The highest BCUT2D eigenvalue weighted by molar-refractivity contribution is 9.10. The van der Waals surface area contributed by atoms with Gasteiger partial charge in [0.2, 0.25) is 0 Å². The molecule has 3 amide bonds. The topological polar surface area (TPSA) is 88.1 Å². The van der Waals surface area contributed by atoms with Crippen molar-refractivity contribution in [2.75, 3.05) is 19.8 Å². The second-order valence-corrected chi connectivity index (χ2v) is 7.68. The monoisotopic (exact) mass is 446 g/mol. The summed E-state index contributed by atoms with van der Waals surface area (Å²) >= 11 is 3.34. The molecule has 2 aliphatic rings. The summed E-state index contributed by atoms with van der Waals surface area (Å²) in [4.78, 5) is 26.7. The number of hydrogen-bond donors (Lipinski definition) is 2. The number of halogens is 1. The first-order chi connectivity index (χ1) is 13.5. The number of fused-ring (bicyclic) bond motifs is 2. The van der Waals surface area contributed by atoms with Gasteiger partial charge in [0.15, 0.2) is 5.54 Å². The number of β-amino-alcohol motifs (C(OH)–C–C–N with tert-alkyl or cyclic N) is 1. The molecule has 2 N–H and O–H groups in total. The van der Waals surface area contributed by atoms with E-state index in [9.17, 15) is 14.7 Å². The average molecular weight is 447 g/mol. The SMILES string of the molecule is O=C1NC2(CCOc3ccccc32)C(=O)N1CC(O)COc1ccc(Br)cc1. The molecule has 8 heteroatoms. The summed E-state index contributed by atoms with van der Waals surface area (Å²) in [5, 5.41) is 13.1. The molecule has 0 saturated carbocycles. The first kappa shape index (κ1) is 18.8. The largest absolute Gasteiger partial charge is 0.493 e. The highest BCUT2D eigenvalue weighted by Crippen LogP contribution is 2.40. The first-order valence-corrected chi connectivity index (χ1v) is 9.72. The lowest BCUT2D eigenvalue weighted by Gasteiger charge is -2.33. The van der Waals surface area contributed by atoms with E-state index in [2.05, 4.69) is 21.2 Å². The maximum absolute atomic E-state index is 13.1. The Morgan fingerprint density at radius 1 is 1.21 bits per heavy atom. The summed E-state index contributed by atoms with van der Waals surface area (Å²) in [7, 11) is 0. The summed E-state index contributed by atoms with van der Waals surface area (Å²) in [5.74, 6) is 0.800. The molecule has 0 aliphatic carbocycles. The van der Waals surface area contributed by atoms with Crippen molar-refractivity contribution in [1.29, 1.82) is 0 Å². The fourth-order valence-corrected chi connectivity index (χ4v) is 3.79. The zero-order chi connectivity index (χ0) is 19.7. The minimum absolute atomic E-state index is 0.0363. The molecule has 0 radical (unpaired) electrons. The molecule has 2 aromatic rings. The number of carbonyl (C=O) groups excluding carboxylic acids is 2. The number of rotatable bonds is 5. The number of amides is 3. The highest BCUT2D eigenvalue weighted by atomic mass is 79.9. The van der Waals surface area contributed by atoms with Gasteiger partial charge in [-0.15, -0.1) is 0 Å². The van der Waals surface area contributed by atoms with Crippen LogP contribution in [0.5, 0.6) is 11.5 Å². The van der Waals surface area contributed by atoms with E-state index in [1.165, 1.54) is 0 Å². The van der Waals surface area contributed by atoms with Crippen molar-refractivity contribution in [2.24, 2.45) is 0 Å². The lowest BCUT2D eigenvalue weighted by atomic mass is 9.84. The Balaban J connectivity index is 1.45. The maximum atomic E-state index is 13.1. The van der Waals surface area contributed by atoms with Crippen LogP contribution in [0.25, 0.3) is 0 Å². The molecule has 2 heterocycles. The van der Waals surface area contributed by atoms with Gasteiger partial charge in [-0.2, -0.15) is 0 Å². The van der Waals surface area contributed by atoms with Crippen LogP contribution in [0.4, 0.5) is 4.79 Å². The van der Waals surface area contributed by atoms with Crippen LogP contribution < -0.4 is 14.8 Å². The highest BCUT2D eigenvalue weighted by Gasteiger charge is 2.55. The van der Waals surface area contributed by atoms with E-state index in [4.69, 9.17) is 9.47 Å². The van der Waals surface area contributed by atoms with E-state index in [1.54, 1.807) is 30.3 Å². The summed E-state index contributed by atoms with van der Waals surface area (Å²) in [5.41, 5.74) is -0.499. The Bertz CT molecular complexity index is 904. The average Bonchev–Trinajstić information content (AvgIpc) is 2.93. The van der Waals surface area contributed by atoms with Crippen LogP contribution in [0.15, 0.2) is 53.0 Å². The third-order valence-corrected chi connectivity index (χ3v) is 5.44. The second kappa shape index (κ2) is 7.44. The lowest BCUT2D eigenvalue weighted by molar-refractivity contribution is -0.133. The van der Waals surface area contributed by atoms with E-state index >= 15 is 0 Å². The number of ether oxygens (including phenoxy) is 2. The van der Waals surface area contributed by atoms with Crippen LogP contribution >= 0.6 is 15.9 Å². The van der Waals surface area contributed by atoms with Gasteiger partial charge in [-0.3, -0.25) is 9.69 Å². The Morgan fingerprint density at radius 2 is 1.96 bits per heavy atom. The minimum Gasteiger partial charge on any atom is -0.493 e. The summed E-state index contributed by atoms with van der Waals surface area (Å²) in [6, 6.07) is 13.8. The fourth-order valence-electron chi connectivity index (χ4n) is 3.52. The standard InChI is InChI=1S/C20H19BrN2O5/c21-13-5-7-15(8-6-13)28-12-14(24)11-23-18(25)20(22-19(23)26)9-10-27-17-4-2-1-3-16(17)20/h1-8,14,24H,9-12H2,(H,22,26). The maximum Gasteiger partial charge on any atom is 0.325 e. The number of carbonyl (C=O) groups is 2. The van der Waals surface area contributed by atoms with E-state index in [-0.39, 0.29) is 19.1 Å². The second-order valence-electron chi connectivity index (χ2n) is 6.76. The van der Waals surface area contributed by atoms with Crippen molar-refractivity contribution in [3.8, 4) is 11.5 Å². The molecule has 0 bridgehead atoms.